The van der Waals surface area contributed by atoms with Crippen LogP contribution in [0.1, 0.15) is 50.0 Å². The Morgan fingerprint density at radius 1 is 1.19 bits per heavy atom. The molecule has 1 saturated heterocycles. The van der Waals surface area contributed by atoms with Crippen LogP contribution in [0.2, 0.25) is 0 Å². The van der Waals surface area contributed by atoms with Gasteiger partial charge in [-0.05, 0) is 31.0 Å². The number of nitrogens with zero attached hydrogens (tertiary/aromatic N) is 5. The van der Waals surface area contributed by atoms with Crippen molar-refractivity contribution < 1.29 is 0 Å². The Balaban J connectivity index is 1.53. The van der Waals surface area contributed by atoms with E-state index in [0.29, 0.717) is 11.8 Å². The molecule has 0 aliphatic carbocycles. The van der Waals surface area contributed by atoms with Gasteiger partial charge in [-0.15, -0.1) is 0 Å². The maximum Gasteiger partial charge on any atom is 0.143 e. The van der Waals surface area contributed by atoms with Gasteiger partial charge in [-0.2, -0.15) is 0 Å². The molecule has 0 spiro atoms. The van der Waals surface area contributed by atoms with Crippen molar-refractivity contribution in [1.82, 2.24) is 24.3 Å². The zero-order valence-corrected chi connectivity index (χ0v) is 15.8. The largest absolute Gasteiger partial charge is 0.355 e. The van der Waals surface area contributed by atoms with Gasteiger partial charge in [0.15, 0.2) is 0 Å². The molecule has 0 aromatic carbocycles. The van der Waals surface area contributed by atoms with Crippen molar-refractivity contribution in [1.29, 1.82) is 0 Å². The average molecular weight is 360 g/mol. The highest BCUT2D eigenvalue weighted by atomic mass is 15.2. The van der Waals surface area contributed by atoms with E-state index in [1.54, 1.807) is 0 Å². The Bertz CT molecular complexity index is 1090. The molecule has 5 heterocycles. The van der Waals surface area contributed by atoms with Crippen LogP contribution in [0.3, 0.4) is 0 Å². The van der Waals surface area contributed by atoms with Gasteiger partial charge in [-0.25, -0.2) is 15.0 Å². The zero-order valence-electron chi connectivity index (χ0n) is 15.8. The SMILES string of the molecule is CC(C)c1nc(N2CCCC(c3cnc4ccccn34)C2)c2cc[nH]c2n1. The van der Waals surface area contributed by atoms with Crippen LogP contribution < -0.4 is 4.90 Å². The number of imidazole rings is 1. The summed E-state index contributed by atoms with van der Waals surface area (Å²) in [7, 11) is 0. The lowest BCUT2D eigenvalue weighted by molar-refractivity contribution is 0.496. The monoisotopic (exact) mass is 360 g/mol. The average Bonchev–Trinajstić information content (AvgIpc) is 3.34. The van der Waals surface area contributed by atoms with Gasteiger partial charge in [0.05, 0.1) is 5.39 Å². The van der Waals surface area contributed by atoms with Crippen LogP contribution in [-0.4, -0.2) is 37.4 Å². The van der Waals surface area contributed by atoms with Gasteiger partial charge in [0.25, 0.3) is 0 Å². The molecule has 1 aliphatic heterocycles. The fraction of sp³-hybridized carbons (Fsp3) is 0.381. The number of hydrogen-bond donors (Lipinski definition) is 1. The van der Waals surface area contributed by atoms with E-state index in [1.165, 1.54) is 12.1 Å². The topological polar surface area (TPSA) is 62.1 Å². The molecule has 138 valence electrons. The first-order valence-electron chi connectivity index (χ1n) is 9.72. The predicted octanol–water partition coefficient (Wildman–Crippen LogP) is 4.11. The van der Waals surface area contributed by atoms with Gasteiger partial charge in [-0.1, -0.05) is 19.9 Å². The molecule has 0 saturated carbocycles. The maximum absolute atomic E-state index is 4.95. The molecule has 6 nitrogen and oxygen atoms in total. The summed E-state index contributed by atoms with van der Waals surface area (Å²) >= 11 is 0. The number of aromatic nitrogens is 5. The van der Waals surface area contributed by atoms with Crippen LogP contribution in [0.5, 0.6) is 0 Å². The van der Waals surface area contributed by atoms with Gasteiger partial charge in [0.1, 0.15) is 22.9 Å². The summed E-state index contributed by atoms with van der Waals surface area (Å²) in [6.07, 6.45) is 8.44. The van der Waals surface area contributed by atoms with Crippen LogP contribution in [0, 0.1) is 0 Å². The summed E-state index contributed by atoms with van der Waals surface area (Å²) in [5.41, 5.74) is 3.24. The number of fused-ring (bicyclic) bond motifs is 2. The third-order valence-corrected chi connectivity index (χ3v) is 5.51. The summed E-state index contributed by atoms with van der Waals surface area (Å²) in [5, 5.41) is 1.11. The molecule has 1 atom stereocenters. The molecule has 27 heavy (non-hydrogen) atoms. The first-order valence-corrected chi connectivity index (χ1v) is 9.72. The second-order valence-corrected chi connectivity index (χ2v) is 7.70. The molecule has 4 aromatic heterocycles. The Labute approximate surface area is 158 Å². The van der Waals surface area contributed by atoms with Crippen LogP contribution in [0.25, 0.3) is 16.7 Å². The Morgan fingerprint density at radius 2 is 2.11 bits per heavy atom. The van der Waals surface area contributed by atoms with Gasteiger partial charge >= 0.3 is 0 Å². The molecule has 1 N–H and O–H groups in total. The van der Waals surface area contributed by atoms with Crippen molar-refractivity contribution in [2.24, 2.45) is 0 Å². The van der Waals surface area contributed by atoms with Crippen LogP contribution in [0.15, 0.2) is 42.9 Å². The van der Waals surface area contributed by atoms with Gasteiger partial charge in [0.2, 0.25) is 0 Å². The molecule has 1 aliphatic rings. The normalized spacial score (nSPS) is 18.0. The maximum atomic E-state index is 4.95. The van der Waals surface area contributed by atoms with Crippen LogP contribution in [-0.2, 0) is 0 Å². The lowest BCUT2D eigenvalue weighted by Gasteiger charge is -2.34. The molecule has 4 aromatic rings. The second kappa shape index (κ2) is 6.37. The highest BCUT2D eigenvalue weighted by Crippen LogP contribution is 2.33. The van der Waals surface area contributed by atoms with E-state index in [0.717, 1.165) is 47.8 Å². The van der Waals surface area contributed by atoms with Crippen molar-refractivity contribution in [2.75, 3.05) is 18.0 Å². The summed E-state index contributed by atoms with van der Waals surface area (Å²) < 4.78 is 2.22. The van der Waals surface area contributed by atoms with Gasteiger partial charge < -0.3 is 14.3 Å². The van der Waals surface area contributed by atoms with E-state index in [-0.39, 0.29) is 0 Å². The van der Waals surface area contributed by atoms with Gasteiger partial charge in [0, 0.05) is 49.2 Å². The summed E-state index contributed by atoms with van der Waals surface area (Å²) in [6.45, 7) is 6.27. The van der Waals surface area contributed by atoms with E-state index in [2.05, 4.69) is 57.5 Å². The third kappa shape index (κ3) is 2.76. The van der Waals surface area contributed by atoms with Crippen molar-refractivity contribution in [2.45, 2.75) is 38.5 Å². The number of rotatable bonds is 3. The molecule has 1 unspecified atom stereocenters. The van der Waals surface area contributed by atoms with Crippen molar-refractivity contribution in [3.05, 3.63) is 54.4 Å². The number of nitrogens with one attached hydrogen (secondary N) is 1. The number of piperidine rings is 1. The minimum atomic E-state index is 0.302. The van der Waals surface area contributed by atoms with Crippen LogP contribution in [0.4, 0.5) is 5.82 Å². The van der Waals surface area contributed by atoms with E-state index < -0.39 is 0 Å². The molecule has 1 fully saturated rings. The lowest BCUT2D eigenvalue weighted by Crippen LogP contribution is -2.35. The van der Waals surface area contributed by atoms with E-state index in [9.17, 15) is 0 Å². The van der Waals surface area contributed by atoms with Gasteiger partial charge in [-0.3, -0.25) is 0 Å². The lowest BCUT2D eigenvalue weighted by atomic mass is 9.95. The highest BCUT2D eigenvalue weighted by molar-refractivity contribution is 5.87. The standard InChI is InChI=1S/C21H24N6/c1-14(2)19-24-20-16(8-9-22-20)21(25-19)26-10-5-6-15(13-26)17-12-23-18-7-3-4-11-27(17)18/h3-4,7-9,11-12,14-15H,5-6,10,13H2,1-2H3,(H,22,24,25). The second-order valence-electron chi connectivity index (χ2n) is 7.70. The summed E-state index contributed by atoms with van der Waals surface area (Å²) in [4.78, 5) is 19.9. The fourth-order valence-electron chi connectivity index (χ4n) is 4.11. The van der Waals surface area contributed by atoms with Crippen molar-refractivity contribution >= 4 is 22.5 Å². The summed E-state index contributed by atoms with van der Waals surface area (Å²) in [6, 6.07) is 8.26. The number of anilines is 1. The Kier molecular flexibility index (Phi) is 3.85. The highest BCUT2D eigenvalue weighted by Gasteiger charge is 2.26. The minimum Gasteiger partial charge on any atom is -0.355 e. The molecule has 0 bridgehead atoms. The Hall–Kier alpha value is -2.89. The molecule has 0 radical (unpaired) electrons. The zero-order chi connectivity index (χ0) is 18.4. The number of hydrogen-bond acceptors (Lipinski definition) is 4. The van der Waals surface area contributed by atoms with Crippen LogP contribution >= 0.6 is 0 Å². The van der Waals surface area contributed by atoms with Crippen molar-refractivity contribution in [3.8, 4) is 0 Å². The van der Waals surface area contributed by atoms with Crippen molar-refractivity contribution in [3.63, 3.8) is 0 Å². The quantitative estimate of drug-likeness (QED) is 0.597. The molecule has 6 heteroatoms. The summed E-state index contributed by atoms with van der Waals surface area (Å²) in [5.74, 6) is 2.71. The molecule has 5 rings (SSSR count). The fourth-order valence-corrected chi connectivity index (χ4v) is 4.11. The minimum absolute atomic E-state index is 0.302. The number of pyridine rings is 1. The molecule has 0 amide bonds. The predicted molar refractivity (Wildman–Crippen MR) is 107 cm³/mol. The van der Waals surface area contributed by atoms with E-state index in [4.69, 9.17) is 9.97 Å². The number of aromatic amines is 1. The third-order valence-electron chi connectivity index (χ3n) is 5.51. The van der Waals surface area contributed by atoms with E-state index in [1.807, 2.05) is 18.5 Å². The first kappa shape index (κ1) is 16.3. The molecular formula is C21H24N6. The smallest absolute Gasteiger partial charge is 0.143 e. The molecular weight excluding hydrogens is 336 g/mol. The Morgan fingerprint density at radius 3 is 3.00 bits per heavy atom. The number of H-pyrrole nitrogens is 1. The first-order chi connectivity index (χ1) is 13.2. The van der Waals surface area contributed by atoms with E-state index >= 15 is 0 Å².